The summed E-state index contributed by atoms with van der Waals surface area (Å²) in [7, 11) is 0. The van der Waals surface area contributed by atoms with E-state index in [1.807, 2.05) is 6.92 Å². The molecule has 0 radical (unpaired) electrons. The van der Waals surface area contributed by atoms with E-state index >= 15 is 0 Å². The van der Waals surface area contributed by atoms with E-state index in [-0.39, 0.29) is 17.9 Å². The second kappa shape index (κ2) is 7.93. The standard InChI is InChI=1S/C18H29N3O2S/c1-12(2)15-8-21(10-17-19-13(3)11-24-17)9-16(15)20-18(22)14-4-6-23-7-5-14/h11-12,14-16H,4-10H2,1-3H3,(H,20,22). The number of hydrogen-bond donors (Lipinski definition) is 1. The summed E-state index contributed by atoms with van der Waals surface area (Å²) in [4.78, 5) is 19.6. The number of aryl methyl sites for hydroxylation is 1. The molecule has 2 aliphatic heterocycles. The van der Waals surface area contributed by atoms with Crippen LogP contribution >= 0.6 is 11.3 Å². The van der Waals surface area contributed by atoms with E-state index in [2.05, 4.69) is 34.4 Å². The molecule has 134 valence electrons. The molecule has 2 saturated heterocycles. The summed E-state index contributed by atoms with van der Waals surface area (Å²) in [5.41, 5.74) is 1.10. The van der Waals surface area contributed by atoms with E-state index in [9.17, 15) is 4.79 Å². The van der Waals surface area contributed by atoms with Crippen LogP contribution in [-0.2, 0) is 16.1 Å². The monoisotopic (exact) mass is 351 g/mol. The van der Waals surface area contributed by atoms with Crippen LogP contribution < -0.4 is 5.32 Å². The van der Waals surface area contributed by atoms with Gasteiger partial charge in [-0.05, 0) is 31.6 Å². The van der Waals surface area contributed by atoms with Gasteiger partial charge in [0.25, 0.3) is 0 Å². The number of likely N-dealkylation sites (tertiary alicyclic amines) is 1. The normalized spacial score (nSPS) is 26.2. The molecule has 2 atom stereocenters. The van der Waals surface area contributed by atoms with Gasteiger partial charge < -0.3 is 10.1 Å². The number of nitrogens with one attached hydrogen (secondary N) is 1. The maximum atomic E-state index is 12.6. The average Bonchev–Trinajstić information content (AvgIpc) is 3.15. The first-order chi connectivity index (χ1) is 11.5. The third kappa shape index (κ3) is 4.35. The molecule has 0 spiro atoms. The molecule has 0 aromatic carbocycles. The Hall–Kier alpha value is -0.980. The first-order valence-electron chi connectivity index (χ1n) is 9.04. The van der Waals surface area contributed by atoms with Gasteiger partial charge in [0.05, 0.1) is 6.54 Å². The Labute approximate surface area is 148 Å². The molecule has 1 aromatic heterocycles. The molecule has 0 saturated carbocycles. The van der Waals surface area contributed by atoms with Crippen LogP contribution in [-0.4, -0.2) is 48.1 Å². The van der Waals surface area contributed by atoms with Crippen molar-refractivity contribution in [3.63, 3.8) is 0 Å². The SMILES string of the molecule is Cc1csc(CN2CC(NC(=O)C3CCOCC3)C(C(C)C)C2)n1. The molecule has 2 fully saturated rings. The van der Waals surface area contributed by atoms with Crippen molar-refractivity contribution in [2.45, 2.75) is 46.2 Å². The van der Waals surface area contributed by atoms with E-state index in [4.69, 9.17) is 4.74 Å². The van der Waals surface area contributed by atoms with Gasteiger partial charge in [-0.25, -0.2) is 4.98 Å². The minimum absolute atomic E-state index is 0.127. The van der Waals surface area contributed by atoms with E-state index in [0.29, 0.717) is 25.0 Å². The highest BCUT2D eigenvalue weighted by molar-refractivity contribution is 7.09. The number of rotatable bonds is 5. The first-order valence-corrected chi connectivity index (χ1v) is 9.92. The van der Waals surface area contributed by atoms with Crippen LogP contribution in [0.4, 0.5) is 0 Å². The minimum Gasteiger partial charge on any atom is -0.381 e. The lowest BCUT2D eigenvalue weighted by molar-refractivity contribution is -0.128. The Kier molecular flexibility index (Phi) is 5.89. The Morgan fingerprint density at radius 3 is 2.79 bits per heavy atom. The smallest absolute Gasteiger partial charge is 0.223 e. The van der Waals surface area contributed by atoms with E-state index in [1.54, 1.807) is 11.3 Å². The van der Waals surface area contributed by atoms with Crippen molar-refractivity contribution >= 4 is 17.2 Å². The number of aromatic nitrogens is 1. The molecular weight excluding hydrogens is 322 g/mol. The van der Waals surface area contributed by atoms with Gasteiger partial charge in [0.2, 0.25) is 5.91 Å². The summed E-state index contributed by atoms with van der Waals surface area (Å²) < 4.78 is 5.37. The summed E-state index contributed by atoms with van der Waals surface area (Å²) in [5.74, 6) is 1.42. The maximum Gasteiger partial charge on any atom is 0.223 e. The van der Waals surface area contributed by atoms with Crippen LogP contribution in [0.3, 0.4) is 0 Å². The van der Waals surface area contributed by atoms with Gasteiger partial charge in [-0.15, -0.1) is 11.3 Å². The van der Waals surface area contributed by atoms with Gasteiger partial charge in [-0.2, -0.15) is 0 Å². The average molecular weight is 352 g/mol. The predicted molar refractivity (Wildman–Crippen MR) is 95.9 cm³/mol. The summed E-state index contributed by atoms with van der Waals surface area (Å²) >= 11 is 1.73. The molecule has 3 rings (SSSR count). The highest BCUT2D eigenvalue weighted by Gasteiger charge is 2.37. The third-order valence-electron chi connectivity index (χ3n) is 5.24. The van der Waals surface area contributed by atoms with Crippen molar-refractivity contribution < 1.29 is 9.53 Å². The van der Waals surface area contributed by atoms with Crippen LogP contribution in [0.25, 0.3) is 0 Å². The molecule has 2 aliphatic rings. The molecule has 1 aromatic rings. The molecule has 24 heavy (non-hydrogen) atoms. The number of carbonyl (C=O) groups is 1. The fourth-order valence-corrected chi connectivity index (χ4v) is 4.61. The van der Waals surface area contributed by atoms with Crippen molar-refractivity contribution in [1.82, 2.24) is 15.2 Å². The number of thiazole rings is 1. The third-order valence-corrected chi connectivity index (χ3v) is 6.19. The van der Waals surface area contributed by atoms with Crippen LogP contribution in [0, 0.1) is 24.7 Å². The Bertz CT molecular complexity index is 554. The minimum atomic E-state index is 0.127. The van der Waals surface area contributed by atoms with Crippen molar-refractivity contribution in [3.05, 3.63) is 16.1 Å². The summed E-state index contributed by atoms with van der Waals surface area (Å²) in [6.45, 7) is 10.8. The molecule has 0 bridgehead atoms. The van der Waals surface area contributed by atoms with Crippen LogP contribution in [0.2, 0.25) is 0 Å². The number of nitrogens with zero attached hydrogens (tertiary/aromatic N) is 2. The second-order valence-corrected chi connectivity index (χ2v) is 8.43. The zero-order chi connectivity index (χ0) is 17.1. The van der Waals surface area contributed by atoms with Gasteiger partial charge in [0, 0.05) is 49.3 Å². The predicted octanol–water partition coefficient (Wildman–Crippen LogP) is 2.45. The lowest BCUT2D eigenvalue weighted by atomic mass is 9.90. The highest BCUT2D eigenvalue weighted by Crippen LogP contribution is 2.27. The number of ether oxygens (including phenoxy) is 1. The lowest BCUT2D eigenvalue weighted by Gasteiger charge is -2.27. The van der Waals surface area contributed by atoms with Crippen molar-refractivity contribution in [3.8, 4) is 0 Å². The summed E-state index contributed by atoms with van der Waals surface area (Å²) in [5, 5.41) is 6.63. The zero-order valence-electron chi connectivity index (χ0n) is 15.0. The highest BCUT2D eigenvalue weighted by atomic mass is 32.1. The van der Waals surface area contributed by atoms with Crippen LogP contribution in [0.1, 0.15) is 37.4 Å². The molecule has 3 heterocycles. The van der Waals surface area contributed by atoms with Gasteiger partial charge >= 0.3 is 0 Å². The summed E-state index contributed by atoms with van der Waals surface area (Å²) in [6.07, 6.45) is 1.71. The molecule has 0 aliphatic carbocycles. The van der Waals surface area contributed by atoms with Gasteiger partial charge in [0.15, 0.2) is 0 Å². The van der Waals surface area contributed by atoms with Crippen molar-refractivity contribution in [2.24, 2.45) is 17.8 Å². The van der Waals surface area contributed by atoms with Gasteiger partial charge in [0.1, 0.15) is 5.01 Å². The number of hydrogen-bond acceptors (Lipinski definition) is 5. The van der Waals surface area contributed by atoms with E-state index < -0.39 is 0 Å². The first kappa shape index (κ1) is 17.8. The lowest BCUT2D eigenvalue weighted by Crippen LogP contribution is -2.45. The fourth-order valence-electron chi connectivity index (χ4n) is 3.80. The second-order valence-electron chi connectivity index (χ2n) is 7.49. The van der Waals surface area contributed by atoms with E-state index in [0.717, 1.165) is 38.2 Å². The fraction of sp³-hybridized carbons (Fsp3) is 0.778. The molecule has 1 amide bonds. The van der Waals surface area contributed by atoms with Crippen LogP contribution in [0.15, 0.2) is 5.38 Å². The largest absolute Gasteiger partial charge is 0.381 e. The van der Waals surface area contributed by atoms with Crippen molar-refractivity contribution in [2.75, 3.05) is 26.3 Å². The van der Waals surface area contributed by atoms with E-state index in [1.165, 1.54) is 5.01 Å². The molecule has 2 unspecified atom stereocenters. The van der Waals surface area contributed by atoms with Crippen LogP contribution in [0.5, 0.6) is 0 Å². The molecule has 1 N–H and O–H groups in total. The van der Waals surface area contributed by atoms with Crippen molar-refractivity contribution in [1.29, 1.82) is 0 Å². The Morgan fingerprint density at radius 2 is 2.17 bits per heavy atom. The summed E-state index contributed by atoms with van der Waals surface area (Å²) in [6, 6.07) is 0.251. The zero-order valence-corrected chi connectivity index (χ0v) is 15.8. The molecular formula is C18H29N3O2S. The maximum absolute atomic E-state index is 12.6. The Balaban J connectivity index is 1.59. The quantitative estimate of drug-likeness (QED) is 0.885. The number of carbonyl (C=O) groups excluding carboxylic acids is 1. The topological polar surface area (TPSA) is 54.5 Å². The van der Waals surface area contributed by atoms with Gasteiger partial charge in [-0.3, -0.25) is 9.69 Å². The Morgan fingerprint density at radius 1 is 1.42 bits per heavy atom. The van der Waals surface area contributed by atoms with Gasteiger partial charge in [-0.1, -0.05) is 13.8 Å². The molecule has 5 nitrogen and oxygen atoms in total. The number of amides is 1. The molecule has 6 heteroatoms.